The molecule has 0 radical (unpaired) electrons. The number of hydrogen-bond donors (Lipinski definition) is 1. The maximum absolute atomic E-state index is 13.1. The summed E-state index contributed by atoms with van der Waals surface area (Å²) >= 11 is 0. The number of hydrogen-bond acceptors (Lipinski definition) is 2. The highest BCUT2D eigenvalue weighted by Crippen LogP contribution is 2.47. The molecular formula is C27H37FN2O. The standard InChI is InChI=1S/C14H21NO.C13H16FN/c1-4-7-9-13(10-8-5-2)11-12-14(16)15-6-3;1-9(10-3-2-4-13(14)6-10)15-7-11-5-12(11)8-15/h4,7-12H,5-6H2,1-3H3,(H,15,16);2-4,6,9,11-12H,5,7-8H2,1H3/b7-4-,10-8+,12-11+,13-9+;. The first-order chi connectivity index (χ1) is 15.0. The van der Waals surface area contributed by atoms with Crippen molar-refractivity contribution in [1.29, 1.82) is 0 Å². The van der Waals surface area contributed by atoms with Crippen molar-refractivity contribution >= 4 is 5.91 Å². The van der Waals surface area contributed by atoms with Gasteiger partial charge in [-0.2, -0.15) is 0 Å². The molecule has 1 aromatic carbocycles. The second-order valence-electron chi connectivity index (χ2n) is 8.17. The number of piperidine rings is 1. The second-order valence-corrected chi connectivity index (χ2v) is 8.17. The Bertz CT molecular complexity index is 814. The van der Waals surface area contributed by atoms with Crippen molar-refractivity contribution in [3.63, 3.8) is 0 Å². The SMILES string of the molecule is CC(c1cccc(F)c1)N1CC2CC2C1.C\C=C/C=C(\C=C\CC)/C=C/C(=O)NCC. The maximum Gasteiger partial charge on any atom is 0.243 e. The molecule has 168 valence electrons. The van der Waals surface area contributed by atoms with E-state index >= 15 is 0 Å². The molecule has 1 aliphatic carbocycles. The normalized spacial score (nSPS) is 21.9. The van der Waals surface area contributed by atoms with Crippen molar-refractivity contribution in [3.05, 3.63) is 83.8 Å². The van der Waals surface area contributed by atoms with Gasteiger partial charge in [0.1, 0.15) is 5.82 Å². The molecule has 1 amide bonds. The van der Waals surface area contributed by atoms with Crippen molar-refractivity contribution in [1.82, 2.24) is 10.2 Å². The first-order valence-corrected chi connectivity index (χ1v) is 11.4. The van der Waals surface area contributed by atoms with Gasteiger partial charge in [0.15, 0.2) is 0 Å². The number of nitrogens with one attached hydrogen (secondary N) is 1. The minimum atomic E-state index is -0.122. The summed E-state index contributed by atoms with van der Waals surface area (Å²) in [5.74, 6) is 1.71. The summed E-state index contributed by atoms with van der Waals surface area (Å²) in [5, 5.41) is 2.72. The van der Waals surface area contributed by atoms with E-state index in [1.807, 2.05) is 50.3 Å². The highest BCUT2D eigenvalue weighted by atomic mass is 19.1. The number of fused-ring (bicyclic) bond motifs is 1. The van der Waals surface area contributed by atoms with Gasteiger partial charge in [0.25, 0.3) is 0 Å². The monoisotopic (exact) mass is 424 g/mol. The number of carbonyl (C=O) groups excluding carboxylic acids is 1. The molecule has 1 aliphatic heterocycles. The average molecular weight is 425 g/mol. The van der Waals surface area contributed by atoms with E-state index in [4.69, 9.17) is 0 Å². The first-order valence-electron chi connectivity index (χ1n) is 11.4. The quantitative estimate of drug-likeness (QED) is 0.411. The summed E-state index contributed by atoms with van der Waals surface area (Å²) in [6, 6.07) is 7.37. The van der Waals surface area contributed by atoms with Gasteiger partial charge in [-0.05, 0) is 74.8 Å². The number of likely N-dealkylation sites (N-methyl/N-ethyl adjacent to an activating group) is 1. The van der Waals surface area contributed by atoms with Crippen LogP contribution in [0.3, 0.4) is 0 Å². The molecule has 1 saturated heterocycles. The third-order valence-corrected chi connectivity index (χ3v) is 5.69. The molecule has 1 heterocycles. The van der Waals surface area contributed by atoms with Crippen molar-refractivity contribution in [3.8, 4) is 0 Å². The Balaban J connectivity index is 0.000000220. The van der Waals surface area contributed by atoms with E-state index in [2.05, 4.69) is 30.1 Å². The van der Waals surface area contributed by atoms with E-state index in [1.54, 1.807) is 18.2 Å². The van der Waals surface area contributed by atoms with Gasteiger partial charge in [-0.3, -0.25) is 9.69 Å². The van der Waals surface area contributed by atoms with Crippen LogP contribution in [-0.4, -0.2) is 30.4 Å². The number of benzene rings is 1. The van der Waals surface area contributed by atoms with E-state index in [1.165, 1.54) is 25.6 Å². The van der Waals surface area contributed by atoms with Crippen molar-refractivity contribution in [2.75, 3.05) is 19.6 Å². The number of halogens is 1. The van der Waals surface area contributed by atoms with E-state index in [-0.39, 0.29) is 11.7 Å². The Hall–Kier alpha value is -2.46. The number of carbonyl (C=O) groups is 1. The molecule has 0 spiro atoms. The van der Waals surface area contributed by atoms with Crippen molar-refractivity contribution in [2.45, 2.75) is 46.6 Å². The van der Waals surface area contributed by atoms with Gasteiger partial charge in [0.2, 0.25) is 5.91 Å². The highest BCUT2D eigenvalue weighted by molar-refractivity contribution is 5.88. The Kier molecular flexibility index (Phi) is 10.5. The molecule has 3 rings (SSSR count). The molecule has 3 nitrogen and oxygen atoms in total. The van der Waals surface area contributed by atoms with E-state index < -0.39 is 0 Å². The van der Waals surface area contributed by atoms with Crippen LogP contribution in [0.4, 0.5) is 4.39 Å². The summed E-state index contributed by atoms with van der Waals surface area (Å²) in [5.41, 5.74) is 2.13. The van der Waals surface area contributed by atoms with Crippen molar-refractivity contribution < 1.29 is 9.18 Å². The zero-order valence-corrected chi connectivity index (χ0v) is 19.4. The molecule has 1 N–H and O–H groups in total. The lowest BCUT2D eigenvalue weighted by Gasteiger charge is -2.25. The smallest absolute Gasteiger partial charge is 0.243 e. The predicted octanol–water partition coefficient (Wildman–Crippen LogP) is 5.99. The molecule has 2 fully saturated rings. The summed E-state index contributed by atoms with van der Waals surface area (Å²) < 4.78 is 13.1. The van der Waals surface area contributed by atoms with Gasteiger partial charge in [0, 0.05) is 31.8 Å². The molecule has 4 heteroatoms. The Labute approximate surface area is 187 Å². The lowest BCUT2D eigenvalue weighted by atomic mass is 10.1. The molecule has 31 heavy (non-hydrogen) atoms. The molecular weight excluding hydrogens is 387 g/mol. The number of amides is 1. The zero-order valence-electron chi connectivity index (χ0n) is 19.4. The predicted molar refractivity (Wildman–Crippen MR) is 128 cm³/mol. The Morgan fingerprint density at radius 2 is 1.97 bits per heavy atom. The van der Waals surface area contributed by atoms with Crippen LogP contribution < -0.4 is 5.32 Å². The fourth-order valence-electron chi connectivity index (χ4n) is 3.76. The number of nitrogens with zero attached hydrogens (tertiary/aromatic N) is 1. The molecule has 2 aliphatic rings. The van der Waals surface area contributed by atoms with Gasteiger partial charge in [-0.15, -0.1) is 0 Å². The van der Waals surface area contributed by atoms with Crippen LogP contribution in [-0.2, 0) is 4.79 Å². The minimum absolute atomic E-state index is 0.0567. The van der Waals surface area contributed by atoms with Crippen LogP contribution in [0.25, 0.3) is 0 Å². The summed E-state index contributed by atoms with van der Waals surface area (Å²) in [6.45, 7) is 11.2. The Morgan fingerprint density at radius 1 is 1.23 bits per heavy atom. The number of rotatable bonds is 8. The third kappa shape index (κ3) is 8.66. The lowest BCUT2D eigenvalue weighted by molar-refractivity contribution is -0.116. The number of likely N-dealkylation sites (tertiary alicyclic amines) is 1. The van der Waals surface area contributed by atoms with Crippen LogP contribution >= 0.6 is 0 Å². The van der Waals surface area contributed by atoms with E-state index in [0.717, 1.165) is 29.4 Å². The first kappa shape index (κ1) is 24.8. The Morgan fingerprint density at radius 3 is 2.58 bits per heavy atom. The molecule has 3 atom stereocenters. The van der Waals surface area contributed by atoms with Gasteiger partial charge in [-0.25, -0.2) is 4.39 Å². The fourth-order valence-corrected chi connectivity index (χ4v) is 3.76. The van der Waals surface area contributed by atoms with E-state index in [9.17, 15) is 9.18 Å². The molecule has 0 aromatic heterocycles. The third-order valence-electron chi connectivity index (χ3n) is 5.69. The largest absolute Gasteiger partial charge is 0.353 e. The van der Waals surface area contributed by atoms with Crippen LogP contribution in [0.5, 0.6) is 0 Å². The maximum atomic E-state index is 13.1. The van der Waals surface area contributed by atoms with Gasteiger partial charge in [0.05, 0.1) is 0 Å². The van der Waals surface area contributed by atoms with Gasteiger partial charge < -0.3 is 5.32 Å². The number of allylic oxidation sites excluding steroid dienone is 7. The van der Waals surface area contributed by atoms with Crippen LogP contribution in [0.2, 0.25) is 0 Å². The second kappa shape index (κ2) is 13.1. The fraction of sp³-hybridized carbons (Fsp3) is 0.444. The van der Waals surface area contributed by atoms with Crippen LogP contribution in [0.15, 0.2) is 72.4 Å². The van der Waals surface area contributed by atoms with E-state index in [0.29, 0.717) is 12.6 Å². The zero-order chi connectivity index (χ0) is 22.6. The van der Waals surface area contributed by atoms with Gasteiger partial charge in [-0.1, -0.05) is 49.4 Å². The minimum Gasteiger partial charge on any atom is -0.353 e. The highest BCUT2D eigenvalue weighted by Gasteiger charge is 2.46. The summed E-state index contributed by atoms with van der Waals surface area (Å²) in [7, 11) is 0. The lowest BCUT2D eigenvalue weighted by Crippen LogP contribution is -2.26. The average Bonchev–Trinajstić information content (AvgIpc) is 3.38. The van der Waals surface area contributed by atoms with Crippen LogP contribution in [0, 0.1) is 17.7 Å². The molecule has 1 saturated carbocycles. The van der Waals surface area contributed by atoms with Crippen molar-refractivity contribution in [2.24, 2.45) is 11.8 Å². The summed E-state index contributed by atoms with van der Waals surface area (Å²) in [6.07, 6.45) is 15.7. The molecule has 1 aromatic rings. The summed E-state index contributed by atoms with van der Waals surface area (Å²) in [4.78, 5) is 13.7. The van der Waals surface area contributed by atoms with Gasteiger partial charge >= 0.3 is 0 Å². The molecule has 3 unspecified atom stereocenters. The topological polar surface area (TPSA) is 32.3 Å². The molecule has 0 bridgehead atoms. The van der Waals surface area contributed by atoms with Crippen LogP contribution in [0.1, 0.15) is 52.1 Å².